The first kappa shape index (κ1) is 86.5. The molecule has 0 aliphatic heterocycles. The maximum absolute atomic E-state index is 11.5. The number of pyridine rings is 5. The molecule has 118 heavy (non-hydrogen) atoms. The quantitative estimate of drug-likeness (QED) is 0.0479. The Labute approximate surface area is 731 Å². The molecule has 0 fully saturated rings. The highest BCUT2D eigenvalue weighted by atomic mass is 79.9. The first-order valence-electron chi connectivity index (χ1n) is 36.9. The number of H-pyrrole nitrogens is 1. The van der Waals surface area contributed by atoms with E-state index in [1.807, 2.05) is 141 Å². The second kappa shape index (κ2) is 42.0. The predicted octanol–water partition coefficient (Wildman–Crippen LogP) is 25.9. The molecule has 0 bridgehead atoms. The standard InChI is InChI=1S/C20H18N2O.C18H14N2O.C17H12N2O.C10H7Cl2NO.C10H8ClNO.C9H11BrO3S.C8H7N.BBr3/c1-2-11-23-18-8-7-16-13-20(21-14-17(16)12-18)22-10-9-15-5-3-4-6-19(15)22;1-21-16-7-6-14-11-18(19-12-15(14)10-16)20-9-8-13-4-2-3-5-17(13)20;20-15-6-5-13-10-17(18-11-14(13)9-15)19-8-7-12-3-1-2-4-16(12)19;1-14-7-3-2-6-4-9(11)13-10(12)8(6)5-7;1-13-9-3-2-7-5-10(11)12-6-8(7)4-9;1-8-2-4-9(5-3-8)14(11,12)13-7-6-10;1-2-4-8-7(3-1)5-6-9-8;2-1(3)4/h3-10,12-14H,2,11H2,1H3;2-12H,1H3;1-11,20H;2-5H,1H3;2-6H,1H3;2-5H,6-7H2,1H3;1-6,9H;. The number of benzene rings is 10. The number of aromatic nitrogens is 9. The van der Waals surface area contributed by atoms with Crippen molar-refractivity contribution >= 4 is 209 Å². The summed E-state index contributed by atoms with van der Waals surface area (Å²) in [5, 5.41) is 26.6. The lowest BCUT2D eigenvalue weighted by atomic mass is 10.1. The Hall–Kier alpha value is -10.8. The summed E-state index contributed by atoms with van der Waals surface area (Å²) in [6.07, 6.45) is 16.4. The van der Waals surface area contributed by atoms with Crippen LogP contribution in [0.15, 0.2) is 321 Å². The molecule has 10 aromatic carbocycles. The van der Waals surface area contributed by atoms with Gasteiger partial charge in [0.25, 0.3) is 10.1 Å². The molecule has 596 valence electrons. The lowest BCUT2D eigenvalue weighted by molar-refractivity contribution is 0.318. The van der Waals surface area contributed by atoms with Crippen molar-refractivity contribution in [3.05, 3.63) is 338 Å². The number of ether oxygens (including phenoxy) is 4. The van der Waals surface area contributed by atoms with Gasteiger partial charge in [-0.05, 0) is 213 Å². The van der Waals surface area contributed by atoms with Crippen LogP contribution in [0.25, 0.3) is 115 Å². The molecule has 9 aromatic heterocycles. The molecule has 17 nitrogen and oxygen atoms in total. The van der Waals surface area contributed by atoms with E-state index in [1.165, 1.54) is 32.6 Å². The minimum absolute atomic E-state index is 0.149. The van der Waals surface area contributed by atoms with E-state index >= 15 is 0 Å². The number of alkyl halides is 1. The third-order valence-electron chi connectivity index (χ3n) is 18.2. The van der Waals surface area contributed by atoms with Crippen LogP contribution in [-0.4, -0.2) is 100 Å². The third kappa shape index (κ3) is 23.1. The number of methoxy groups -OCH3 is 3. The number of aromatic amines is 1. The summed E-state index contributed by atoms with van der Waals surface area (Å²) in [6, 6.07) is 86.8. The van der Waals surface area contributed by atoms with Crippen LogP contribution in [0.3, 0.4) is 0 Å². The maximum Gasteiger partial charge on any atom is 0.369 e. The van der Waals surface area contributed by atoms with E-state index in [0.29, 0.717) is 20.8 Å². The van der Waals surface area contributed by atoms with E-state index in [4.69, 9.17) is 57.9 Å². The molecule has 19 rings (SSSR count). The Morgan fingerprint density at radius 2 is 0.847 bits per heavy atom. The van der Waals surface area contributed by atoms with Gasteiger partial charge in [0.1, 0.15) is 61.7 Å². The van der Waals surface area contributed by atoms with Gasteiger partial charge >= 0.3 is 3.18 Å². The third-order valence-corrected chi connectivity index (χ3v) is 20.6. The molecular formula is C92H77BBr4Cl3N9O8S. The molecule has 0 saturated carbocycles. The number of hydrogen-bond donors (Lipinski definition) is 2. The van der Waals surface area contributed by atoms with Gasteiger partial charge in [0.2, 0.25) is 0 Å². The minimum Gasteiger partial charge on any atom is -0.508 e. The van der Waals surface area contributed by atoms with Gasteiger partial charge in [-0.25, -0.2) is 24.9 Å². The molecule has 0 unspecified atom stereocenters. The predicted molar refractivity (Wildman–Crippen MR) is 500 cm³/mol. The Balaban J connectivity index is 0.000000128. The van der Waals surface area contributed by atoms with Crippen molar-refractivity contribution in [2.45, 2.75) is 25.2 Å². The molecule has 0 aliphatic rings. The van der Waals surface area contributed by atoms with Crippen molar-refractivity contribution in [1.82, 2.24) is 43.6 Å². The number of phenols is 1. The number of rotatable bonds is 13. The average molecular weight is 1910 g/mol. The SMILES string of the molecule is BrB(Br)Br.CCCOc1ccc2cc(-n3ccc4ccccc43)ncc2c1.COc1ccc2cc(-n3ccc4ccccc43)ncc2c1.COc1ccc2cc(Cl)nc(Cl)c2c1.COc1ccc2cc(Cl)ncc2c1.Cc1ccc(S(=O)(=O)OCCBr)cc1.Oc1ccc2cc(-n3ccc4ccccc43)ncc2c1.c1ccc2[nH]ccc2c1. The maximum atomic E-state index is 11.5. The van der Waals surface area contributed by atoms with Crippen molar-refractivity contribution in [3.8, 4) is 46.2 Å². The summed E-state index contributed by atoms with van der Waals surface area (Å²) < 4.78 is 55.3. The smallest absolute Gasteiger partial charge is 0.369 e. The van der Waals surface area contributed by atoms with E-state index in [9.17, 15) is 13.5 Å². The number of nitrogens with one attached hydrogen (secondary N) is 1. The molecule has 0 saturated heterocycles. The number of halogens is 7. The van der Waals surface area contributed by atoms with Crippen molar-refractivity contribution < 1.29 is 36.7 Å². The Kier molecular flexibility index (Phi) is 30.8. The van der Waals surface area contributed by atoms with Crippen LogP contribution in [-0.2, 0) is 14.3 Å². The van der Waals surface area contributed by atoms with Gasteiger partial charge in [-0.15, -0.1) is 47.3 Å². The van der Waals surface area contributed by atoms with E-state index in [2.05, 4.69) is 241 Å². The Morgan fingerprint density at radius 1 is 0.432 bits per heavy atom. The zero-order valence-corrected chi connectivity index (χ0v) is 73.8. The summed E-state index contributed by atoms with van der Waals surface area (Å²) in [5.74, 6) is 6.33. The van der Waals surface area contributed by atoms with Crippen LogP contribution in [0.2, 0.25) is 15.5 Å². The number of phenolic OH excluding ortho intramolecular Hbond substituents is 1. The molecule has 0 radical (unpaired) electrons. The van der Waals surface area contributed by atoms with Gasteiger partial charge in [-0.2, -0.15) is 8.42 Å². The zero-order chi connectivity index (χ0) is 83.1. The van der Waals surface area contributed by atoms with Gasteiger partial charge in [0, 0.05) is 87.4 Å². The van der Waals surface area contributed by atoms with Crippen molar-refractivity contribution in [3.63, 3.8) is 0 Å². The zero-order valence-electron chi connectivity index (χ0n) is 64.4. The number of para-hydroxylation sites is 4. The summed E-state index contributed by atoms with van der Waals surface area (Å²) in [5.41, 5.74) is 5.69. The normalized spacial score (nSPS) is 10.8. The molecule has 0 amide bonds. The number of aryl methyl sites for hydroxylation is 1. The topological polar surface area (TPSA) is 196 Å². The summed E-state index contributed by atoms with van der Waals surface area (Å²) in [7, 11) is 1.36. The van der Waals surface area contributed by atoms with E-state index in [0.717, 1.165) is 124 Å². The van der Waals surface area contributed by atoms with Crippen molar-refractivity contribution in [1.29, 1.82) is 0 Å². The Morgan fingerprint density at radius 3 is 1.33 bits per heavy atom. The molecule has 0 spiro atoms. The van der Waals surface area contributed by atoms with Crippen LogP contribution in [0, 0.1) is 6.92 Å². The van der Waals surface area contributed by atoms with E-state index < -0.39 is 10.1 Å². The molecular weight excluding hydrogens is 1830 g/mol. The lowest BCUT2D eigenvalue weighted by Gasteiger charge is -2.08. The highest BCUT2D eigenvalue weighted by Crippen LogP contribution is 2.32. The fourth-order valence-corrected chi connectivity index (χ4v) is 14.4. The van der Waals surface area contributed by atoms with Gasteiger partial charge in [-0.3, -0.25) is 4.18 Å². The first-order valence-corrected chi connectivity index (χ1v) is 43.3. The fraction of sp³-hybridized carbons (Fsp3) is 0.0978. The highest BCUT2D eigenvalue weighted by Gasteiger charge is 2.15. The Bertz CT molecular complexity index is 6690. The summed E-state index contributed by atoms with van der Waals surface area (Å²) in [4.78, 5) is 25.0. The number of aromatic hydroxyl groups is 1. The first-order chi connectivity index (χ1) is 57.3. The largest absolute Gasteiger partial charge is 0.508 e. The van der Waals surface area contributed by atoms with Crippen molar-refractivity contribution in [2.75, 3.05) is 39.9 Å². The fourth-order valence-electron chi connectivity index (χ4n) is 12.4. The molecule has 0 atom stereocenters. The molecule has 19 aromatic rings. The van der Waals surface area contributed by atoms with Crippen LogP contribution in [0.1, 0.15) is 18.9 Å². The monoisotopic (exact) mass is 1900 g/mol. The average Bonchev–Trinajstić information content (AvgIpc) is 1.68. The summed E-state index contributed by atoms with van der Waals surface area (Å²) in [6.45, 7) is 4.90. The van der Waals surface area contributed by atoms with Crippen LogP contribution in [0.5, 0.6) is 28.7 Å². The van der Waals surface area contributed by atoms with E-state index in [1.54, 1.807) is 76.2 Å². The van der Waals surface area contributed by atoms with Gasteiger partial charge in [-0.1, -0.05) is 178 Å². The highest BCUT2D eigenvalue weighted by molar-refractivity contribution is 9.69. The van der Waals surface area contributed by atoms with Gasteiger partial charge in [0.05, 0.1) is 56.0 Å². The second-order valence-corrected chi connectivity index (χ2v) is 36.1. The summed E-state index contributed by atoms with van der Waals surface area (Å²) >= 11 is 29.9. The molecule has 0 aliphatic carbocycles. The van der Waals surface area contributed by atoms with Gasteiger partial charge < -0.3 is 42.7 Å². The van der Waals surface area contributed by atoms with Crippen molar-refractivity contribution in [2.24, 2.45) is 0 Å². The van der Waals surface area contributed by atoms with Gasteiger partial charge in [0.15, 0.2) is 0 Å². The van der Waals surface area contributed by atoms with Crippen LogP contribution >= 0.6 is 98.0 Å². The molecule has 2 N–H and O–H groups in total. The number of nitrogens with zero attached hydrogens (tertiary/aromatic N) is 8. The second-order valence-electron chi connectivity index (χ2n) is 26.1. The van der Waals surface area contributed by atoms with Crippen LogP contribution < -0.4 is 18.9 Å². The minimum atomic E-state index is -3.57. The van der Waals surface area contributed by atoms with E-state index in [-0.39, 0.29) is 20.4 Å². The molecule has 26 heteroatoms. The molecule has 9 heterocycles. The van der Waals surface area contributed by atoms with Crippen LogP contribution in [0.4, 0.5) is 0 Å². The lowest BCUT2D eigenvalue weighted by Crippen LogP contribution is -2.08. The number of hydrogen-bond acceptors (Lipinski definition) is 13. The number of fused-ring (bicyclic) bond motifs is 9.